The minimum Gasteiger partial charge on any atom is -0.465 e. The average molecular weight is 444 g/mol. The van der Waals surface area contributed by atoms with Crippen LogP contribution in [0, 0.1) is 10.1 Å². The highest BCUT2D eigenvalue weighted by Crippen LogP contribution is 2.35. The van der Waals surface area contributed by atoms with Crippen LogP contribution in [0.5, 0.6) is 0 Å². The molecule has 0 aliphatic heterocycles. The summed E-state index contributed by atoms with van der Waals surface area (Å²) in [5, 5.41) is 17.5. The number of nitrogens with zero attached hydrogens (tertiary/aromatic N) is 3. The van der Waals surface area contributed by atoms with Gasteiger partial charge in [-0.2, -0.15) is 0 Å². The smallest absolute Gasteiger partial charge is 0.353 e. The molecule has 10 heteroatoms. The quantitative estimate of drug-likeness (QED) is 0.326. The third kappa shape index (κ3) is 4.07. The molecule has 0 saturated carbocycles. The molecule has 2 N–H and O–H groups in total. The van der Waals surface area contributed by atoms with Crippen LogP contribution in [0.2, 0.25) is 0 Å². The molecule has 3 aromatic rings. The van der Waals surface area contributed by atoms with Gasteiger partial charge >= 0.3 is 11.7 Å². The average Bonchev–Trinajstić information content (AvgIpc) is 2.69. The molecule has 0 aliphatic rings. The zero-order valence-corrected chi connectivity index (χ0v) is 16.1. The van der Waals surface area contributed by atoms with Gasteiger partial charge in [0.15, 0.2) is 0 Å². The highest BCUT2D eigenvalue weighted by atomic mass is 79.9. The van der Waals surface area contributed by atoms with Gasteiger partial charge in [-0.15, -0.1) is 0 Å². The Hall–Kier alpha value is -3.53. The molecule has 0 fully saturated rings. The summed E-state index contributed by atoms with van der Waals surface area (Å²) in [6.07, 6.45) is 1.19. The fourth-order valence-corrected chi connectivity index (χ4v) is 2.82. The normalized spacial score (nSPS) is 10.2. The van der Waals surface area contributed by atoms with Crippen molar-refractivity contribution in [3.05, 3.63) is 75.0 Å². The van der Waals surface area contributed by atoms with Crippen LogP contribution < -0.4 is 10.6 Å². The molecule has 0 bridgehead atoms. The highest BCUT2D eigenvalue weighted by molar-refractivity contribution is 9.10. The van der Waals surface area contributed by atoms with E-state index in [0.29, 0.717) is 15.8 Å². The summed E-state index contributed by atoms with van der Waals surface area (Å²) in [5.41, 5.74) is 0.782. The Balaban J connectivity index is 2.03. The molecule has 9 nitrogen and oxygen atoms in total. The molecular weight excluding hydrogens is 430 g/mol. The van der Waals surface area contributed by atoms with E-state index in [1.54, 1.807) is 42.5 Å². The number of esters is 1. The predicted molar refractivity (Wildman–Crippen MR) is 107 cm³/mol. The zero-order chi connectivity index (χ0) is 20.1. The molecule has 142 valence electrons. The Morgan fingerprint density at radius 3 is 2.21 bits per heavy atom. The van der Waals surface area contributed by atoms with E-state index in [2.05, 4.69) is 36.5 Å². The van der Waals surface area contributed by atoms with Gasteiger partial charge in [0.25, 0.3) is 0 Å². The van der Waals surface area contributed by atoms with Crippen LogP contribution in [0.15, 0.2) is 59.3 Å². The van der Waals surface area contributed by atoms with E-state index in [9.17, 15) is 14.9 Å². The first-order valence-corrected chi connectivity index (χ1v) is 8.76. The third-order valence-corrected chi connectivity index (χ3v) is 4.41. The van der Waals surface area contributed by atoms with E-state index in [0.717, 1.165) is 0 Å². The minimum absolute atomic E-state index is 0.00458. The molecule has 1 aromatic heterocycles. The van der Waals surface area contributed by atoms with E-state index in [-0.39, 0.29) is 22.9 Å². The molecule has 0 radical (unpaired) electrons. The fraction of sp³-hybridized carbons (Fsp3) is 0.0556. The molecule has 0 aliphatic carbocycles. The lowest BCUT2D eigenvalue weighted by Gasteiger charge is -2.12. The molecule has 0 atom stereocenters. The molecule has 3 rings (SSSR count). The van der Waals surface area contributed by atoms with Crippen LogP contribution in [-0.4, -0.2) is 28.0 Å². The molecule has 0 spiro atoms. The molecule has 0 amide bonds. The van der Waals surface area contributed by atoms with Crippen LogP contribution in [0.25, 0.3) is 0 Å². The zero-order valence-electron chi connectivity index (χ0n) is 14.5. The SMILES string of the molecule is COC(=O)c1ccccc1Nc1ncnc(Nc2ccccc2Br)c1[N+](=O)[O-]. The Bertz CT molecular complexity index is 1040. The lowest BCUT2D eigenvalue weighted by Crippen LogP contribution is -2.09. The summed E-state index contributed by atoms with van der Waals surface area (Å²) < 4.78 is 5.46. The number of ether oxygens (including phenoxy) is 1. The Kier molecular flexibility index (Phi) is 5.80. The molecular formula is C18H14BrN5O4. The second kappa shape index (κ2) is 8.44. The third-order valence-electron chi connectivity index (χ3n) is 3.72. The lowest BCUT2D eigenvalue weighted by atomic mass is 10.2. The van der Waals surface area contributed by atoms with E-state index in [4.69, 9.17) is 4.74 Å². The van der Waals surface area contributed by atoms with E-state index < -0.39 is 10.9 Å². The summed E-state index contributed by atoms with van der Waals surface area (Å²) in [5.74, 6) is -0.637. The number of nitro groups is 1. The first-order valence-electron chi connectivity index (χ1n) is 7.96. The molecule has 0 unspecified atom stereocenters. The van der Waals surface area contributed by atoms with E-state index >= 15 is 0 Å². The Labute approximate surface area is 168 Å². The summed E-state index contributed by atoms with van der Waals surface area (Å²) >= 11 is 3.38. The number of nitrogens with one attached hydrogen (secondary N) is 2. The molecule has 28 heavy (non-hydrogen) atoms. The van der Waals surface area contributed by atoms with Crippen LogP contribution in [0.3, 0.4) is 0 Å². The van der Waals surface area contributed by atoms with E-state index in [1.165, 1.54) is 13.4 Å². The number of anilines is 4. The number of carbonyl (C=O) groups is 1. The fourth-order valence-electron chi connectivity index (χ4n) is 2.43. The van der Waals surface area contributed by atoms with Gasteiger partial charge in [-0.1, -0.05) is 24.3 Å². The number of hydrogen-bond donors (Lipinski definition) is 2. The molecule has 2 aromatic carbocycles. The maximum atomic E-state index is 11.9. The summed E-state index contributed by atoms with van der Waals surface area (Å²) in [7, 11) is 1.26. The van der Waals surface area contributed by atoms with Gasteiger partial charge in [-0.25, -0.2) is 14.8 Å². The maximum Gasteiger partial charge on any atom is 0.353 e. The van der Waals surface area contributed by atoms with Crippen LogP contribution in [0.4, 0.5) is 28.7 Å². The van der Waals surface area contributed by atoms with Crippen LogP contribution >= 0.6 is 15.9 Å². The van der Waals surface area contributed by atoms with Crippen molar-refractivity contribution in [2.45, 2.75) is 0 Å². The van der Waals surface area contributed by atoms with Gasteiger partial charge < -0.3 is 15.4 Å². The van der Waals surface area contributed by atoms with Crippen molar-refractivity contribution in [3.8, 4) is 0 Å². The summed E-state index contributed by atoms with van der Waals surface area (Å²) in [4.78, 5) is 31.0. The predicted octanol–water partition coefficient (Wildman–Crippen LogP) is 4.42. The standard InChI is InChI=1S/C18H14BrN5O4/c1-28-18(25)11-6-2-4-8-13(11)22-16-15(24(26)27)17(21-10-20-16)23-14-9-5-3-7-12(14)19/h2-10H,1H3,(H2,20,21,22,23). The van der Waals surface area contributed by atoms with Crippen molar-refractivity contribution in [3.63, 3.8) is 0 Å². The second-order valence-electron chi connectivity index (χ2n) is 5.44. The summed E-state index contributed by atoms with van der Waals surface area (Å²) in [6, 6.07) is 13.6. The number of hydrogen-bond acceptors (Lipinski definition) is 8. The molecule has 1 heterocycles. The van der Waals surface area contributed by atoms with Crippen molar-refractivity contribution < 1.29 is 14.5 Å². The first-order chi connectivity index (χ1) is 13.5. The van der Waals surface area contributed by atoms with Gasteiger partial charge in [0.2, 0.25) is 11.6 Å². The molecule has 0 saturated heterocycles. The maximum absolute atomic E-state index is 11.9. The lowest BCUT2D eigenvalue weighted by molar-refractivity contribution is -0.383. The number of para-hydroxylation sites is 2. The number of aromatic nitrogens is 2. The number of benzene rings is 2. The van der Waals surface area contributed by atoms with Crippen molar-refractivity contribution in [2.75, 3.05) is 17.7 Å². The minimum atomic E-state index is -0.595. The number of halogens is 1. The Morgan fingerprint density at radius 2 is 1.61 bits per heavy atom. The monoisotopic (exact) mass is 443 g/mol. The van der Waals surface area contributed by atoms with Crippen molar-refractivity contribution in [1.29, 1.82) is 0 Å². The number of carbonyl (C=O) groups excluding carboxylic acids is 1. The van der Waals surface area contributed by atoms with Gasteiger partial charge in [0.1, 0.15) is 6.33 Å². The van der Waals surface area contributed by atoms with Crippen molar-refractivity contribution in [2.24, 2.45) is 0 Å². The number of rotatable bonds is 6. The number of methoxy groups -OCH3 is 1. The Morgan fingerprint density at radius 1 is 1.04 bits per heavy atom. The topological polar surface area (TPSA) is 119 Å². The highest BCUT2D eigenvalue weighted by Gasteiger charge is 2.25. The first kappa shape index (κ1) is 19.2. The second-order valence-corrected chi connectivity index (χ2v) is 6.30. The van der Waals surface area contributed by atoms with Gasteiger partial charge in [0.05, 0.1) is 29.0 Å². The van der Waals surface area contributed by atoms with Crippen LogP contribution in [0.1, 0.15) is 10.4 Å². The van der Waals surface area contributed by atoms with Crippen LogP contribution in [-0.2, 0) is 4.74 Å². The largest absolute Gasteiger partial charge is 0.465 e. The van der Waals surface area contributed by atoms with Gasteiger partial charge in [-0.3, -0.25) is 10.1 Å². The van der Waals surface area contributed by atoms with Gasteiger partial charge in [-0.05, 0) is 40.2 Å². The van der Waals surface area contributed by atoms with Crippen molar-refractivity contribution in [1.82, 2.24) is 9.97 Å². The van der Waals surface area contributed by atoms with Gasteiger partial charge in [0, 0.05) is 4.47 Å². The summed E-state index contributed by atoms with van der Waals surface area (Å²) in [6.45, 7) is 0. The van der Waals surface area contributed by atoms with E-state index in [1.807, 2.05) is 6.07 Å². The van der Waals surface area contributed by atoms with Crippen molar-refractivity contribution >= 4 is 50.6 Å².